The van der Waals surface area contributed by atoms with Gasteiger partial charge < -0.3 is 16.2 Å². The van der Waals surface area contributed by atoms with Gasteiger partial charge in [0.25, 0.3) is 0 Å². The Morgan fingerprint density at radius 2 is 2.27 bits per heavy atom. The van der Waals surface area contributed by atoms with E-state index < -0.39 is 6.09 Å². The molecule has 1 aliphatic rings. The second kappa shape index (κ2) is 3.09. The first-order chi connectivity index (χ1) is 5.18. The lowest BCUT2D eigenvalue weighted by Crippen LogP contribution is -2.35. The first kappa shape index (κ1) is 8.33. The lowest BCUT2D eigenvalue weighted by atomic mass is 10.1. The lowest BCUT2D eigenvalue weighted by Gasteiger charge is -2.13. The van der Waals surface area contributed by atoms with E-state index in [4.69, 9.17) is 10.8 Å². The number of hydrogen-bond acceptors (Lipinski definition) is 2. The van der Waals surface area contributed by atoms with Crippen molar-refractivity contribution < 1.29 is 9.90 Å². The minimum Gasteiger partial charge on any atom is -0.465 e. The van der Waals surface area contributed by atoms with Crippen LogP contribution in [0.2, 0.25) is 0 Å². The molecular weight excluding hydrogens is 144 g/mol. The van der Waals surface area contributed by atoms with Gasteiger partial charge >= 0.3 is 6.09 Å². The van der Waals surface area contributed by atoms with Gasteiger partial charge in [-0.1, -0.05) is 0 Å². The van der Waals surface area contributed by atoms with Crippen LogP contribution in [0.5, 0.6) is 0 Å². The Morgan fingerprint density at radius 1 is 1.64 bits per heavy atom. The summed E-state index contributed by atoms with van der Waals surface area (Å²) in [4.78, 5) is 10.3. The zero-order valence-electron chi connectivity index (χ0n) is 6.47. The van der Waals surface area contributed by atoms with Gasteiger partial charge in [-0.2, -0.15) is 0 Å². The van der Waals surface area contributed by atoms with E-state index in [1.807, 2.05) is 0 Å². The molecule has 1 amide bonds. The number of rotatable bonds is 4. The summed E-state index contributed by atoms with van der Waals surface area (Å²) in [5.41, 5.74) is 5.21. The second-order valence-electron chi connectivity index (χ2n) is 3.10. The molecule has 4 nitrogen and oxygen atoms in total. The summed E-state index contributed by atoms with van der Waals surface area (Å²) in [6.45, 7) is 0.642. The van der Waals surface area contributed by atoms with Gasteiger partial charge in [-0.25, -0.2) is 4.79 Å². The molecular formula is C7H14N2O2. The summed E-state index contributed by atoms with van der Waals surface area (Å²) >= 11 is 0. The Hall–Kier alpha value is -0.770. The van der Waals surface area contributed by atoms with Crippen molar-refractivity contribution in [3.05, 3.63) is 0 Å². The highest BCUT2D eigenvalue weighted by molar-refractivity contribution is 5.66. The molecule has 1 saturated carbocycles. The summed E-state index contributed by atoms with van der Waals surface area (Å²) in [7, 11) is 0. The third-order valence-corrected chi connectivity index (χ3v) is 2.09. The van der Waals surface area contributed by atoms with Crippen LogP contribution in [0.3, 0.4) is 0 Å². The fourth-order valence-corrected chi connectivity index (χ4v) is 1.26. The molecule has 0 aromatic heterocycles. The summed E-state index contributed by atoms with van der Waals surface area (Å²) in [6, 6.07) is 0. The molecule has 1 fully saturated rings. The summed E-state index contributed by atoms with van der Waals surface area (Å²) in [5.74, 6) is 0. The van der Waals surface area contributed by atoms with Crippen molar-refractivity contribution in [3.63, 3.8) is 0 Å². The molecule has 64 valence electrons. The highest BCUT2D eigenvalue weighted by atomic mass is 16.4. The summed E-state index contributed by atoms with van der Waals surface area (Å²) in [6.07, 6.45) is 2.81. The van der Waals surface area contributed by atoms with Crippen LogP contribution in [-0.2, 0) is 0 Å². The molecule has 0 bridgehead atoms. The summed E-state index contributed by atoms with van der Waals surface area (Å²) in [5, 5.41) is 11.0. The molecule has 0 heterocycles. The fraction of sp³-hybridized carbons (Fsp3) is 0.857. The molecule has 1 aliphatic carbocycles. The van der Waals surface area contributed by atoms with Crippen LogP contribution in [0.25, 0.3) is 0 Å². The van der Waals surface area contributed by atoms with Crippen LogP contribution in [0.1, 0.15) is 25.7 Å². The number of amides is 1. The quantitative estimate of drug-likeness (QED) is 0.558. The first-order valence-corrected chi connectivity index (χ1v) is 3.90. The van der Waals surface area contributed by atoms with Gasteiger partial charge in [-0.05, 0) is 32.2 Å². The van der Waals surface area contributed by atoms with E-state index in [1.165, 1.54) is 0 Å². The average Bonchev–Trinajstić information content (AvgIpc) is 2.64. The number of carboxylic acid groups (broad SMARTS) is 1. The molecule has 0 aromatic carbocycles. The molecule has 0 aliphatic heterocycles. The van der Waals surface area contributed by atoms with Crippen molar-refractivity contribution in [2.24, 2.45) is 5.73 Å². The Morgan fingerprint density at radius 3 is 2.64 bits per heavy atom. The average molecular weight is 158 g/mol. The number of carbonyl (C=O) groups is 1. The van der Waals surface area contributed by atoms with Gasteiger partial charge in [0.15, 0.2) is 0 Å². The van der Waals surface area contributed by atoms with Crippen LogP contribution in [0, 0.1) is 0 Å². The molecule has 0 radical (unpaired) electrons. The van der Waals surface area contributed by atoms with Crippen molar-refractivity contribution in [1.29, 1.82) is 0 Å². The molecule has 0 saturated heterocycles. The smallest absolute Gasteiger partial charge is 0.405 e. The monoisotopic (exact) mass is 158 g/mol. The van der Waals surface area contributed by atoms with E-state index in [0.29, 0.717) is 6.54 Å². The topological polar surface area (TPSA) is 75.3 Å². The molecule has 0 aromatic rings. The van der Waals surface area contributed by atoms with Crippen molar-refractivity contribution in [2.75, 3.05) is 6.54 Å². The molecule has 0 unspecified atom stereocenters. The molecule has 11 heavy (non-hydrogen) atoms. The number of hydrogen-bond donors (Lipinski definition) is 3. The Kier molecular flexibility index (Phi) is 2.34. The second-order valence-corrected chi connectivity index (χ2v) is 3.10. The van der Waals surface area contributed by atoms with Crippen LogP contribution < -0.4 is 11.1 Å². The maximum atomic E-state index is 10.3. The van der Waals surface area contributed by atoms with Crippen molar-refractivity contribution in [1.82, 2.24) is 5.32 Å². The molecule has 1 rings (SSSR count). The Labute approximate surface area is 65.8 Å². The van der Waals surface area contributed by atoms with Gasteiger partial charge in [0.1, 0.15) is 0 Å². The van der Waals surface area contributed by atoms with Gasteiger partial charge in [0.2, 0.25) is 0 Å². The van der Waals surface area contributed by atoms with Gasteiger partial charge in [0, 0.05) is 5.54 Å². The highest BCUT2D eigenvalue weighted by Crippen LogP contribution is 2.39. The van der Waals surface area contributed by atoms with Crippen molar-refractivity contribution in [3.8, 4) is 0 Å². The van der Waals surface area contributed by atoms with E-state index in [1.54, 1.807) is 0 Å². The predicted octanol–water partition coefficient (Wildman–Crippen LogP) is 0.525. The van der Waals surface area contributed by atoms with Crippen molar-refractivity contribution >= 4 is 6.09 Å². The fourth-order valence-electron chi connectivity index (χ4n) is 1.26. The van der Waals surface area contributed by atoms with E-state index in [2.05, 4.69) is 5.32 Å². The minimum atomic E-state index is -0.917. The normalized spacial score (nSPS) is 19.4. The van der Waals surface area contributed by atoms with E-state index >= 15 is 0 Å². The largest absolute Gasteiger partial charge is 0.465 e. The number of nitrogens with two attached hydrogens (primary N) is 1. The van der Waals surface area contributed by atoms with Crippen LogP contribution in [0.4, 0.5) is 4.79 Å². The zero-order chi connectivity index (χ0) is 8.32. The molecule has 4 N–H and O–H groups in total. The Bertz CT molecular complexity index is 155. The number of nitrogens with one attached hydrogen (secondary N) is 1. The Balaban J connectivity index is 2.23. The molecule has 0 spiro atoms. The van der Waals surface area contributed by atoms with Crippen molar-refractivity contribution in [2.45, 2.75) is 31.2 Å². The van der Waals surface area contributed by atoms with E-state index in [-0.39, 0.29) is 5.54 Å². The van der Waals surface area contributed by atoms with E-state index in [0.717, 1.165) is 25.7 Å². The molecule has 4 heteroatoms. The first-order valence-electron chi connectivity index (χ1n) is 3.90. The van der Waals surface area contributed by atoms with Gasteiger partial charge in [-0.3, -0.25) is 0 Å². The predicted molar refractivity (Wildman–Crippen MR) is 41.4 cm³/mol. The molecule has 0 atom stereocenters. The maximum Gasteiger partial charge on any atom is 0.405 e. The van der Waals surface area contributed by atoms with Gasteiger partial charge in [-0.15, -0.1) is 0 Å². The maximum absolute atomic E-state index is 10.3. The minimum absolute atomic E-state index is 0.106. The van der Waals surface area contributed by atoms with E-state index in [9.17, 15) is 4.79 Å². The third-order valence-electron chi connectivity index (χ3n) is 2.09. The third kappa shape index (κ3) is 2.38. The van der Waals surface area contributed by atoms with Crippen LogP contribution in [0.15, 0.2) is 0 Å². The summed E-state index contributed by atoms with van der Waals surface area (Å²) < 4.78 is 0. The van der Waals surface area contributed by atoms with Crippen LogP contribution in [-0.4, -0.2) is 23.3 Å². The van der Waals surface area contributed by atoms with Gasteiger partial charge in [0.05, 0.1) is 0 Å². The standard InChI is InChI=1S/C7H14N2O2/c8-5-1-2-7(3-4-7)9-6(10)11/h9H,1-5,8H2,(H,10,11). The SMILES string of the molecule is NCCCC1(NC(=O)O)CC1. The zero-order valence-corrected chi connectivity index (χ0v) is 6.47. The van der Waals surface area contributed by atoms with Crippen LogP contribution >= 0.6 is 0 Å². The highest BCUT2D eigenvalue weighted by Gasteiger charge is 2.43. The lowest BCUT2D eigenvalue weighted by molar-refractivity contribution is 0.187.